The zero-order chi connectivity index (χ0) is 19.8. The highest BCUT2D eigenvalue weighted by molar-refractivity contribution is 7.85. The highest BCUT2D eigenvalue weighted by Gasteiger charge is 2.26. The molecule has 0 bridgehead atoms. The molecule has 1 saturated heterocycles. The van der Waals surface area contributed by atoms with E-state index < -0.39 is 10.8 Å². The van der Waals surface area contributed by atoms with Gasteiger partial charge in [0.25, 0.3) is 0 Å². The molecule has 0 radical (unpaired) electrons. The number of nitrogens with one attached hydrogen (secondary N) is 2. The van der Waals surface area contributed by atoms with E-state index in [2.05, 4.69) is 44.8 Å². The standard InChI is InChI=1S/C21H34N4O2S/c1-3-28(26)20-6-4-5-18(15-20)24-21(22-2)23-16-17-7-9-19(10-8-17)25-11-13-27-14-12-25/h7-10,18,20H,3-6,11-16H2,1-2H3,(H2,22,23,24). The lowest BCUT2D eigenvalue weighted by molar-refractivity contribution is 0.122. The predicted molar refractivity (Wildman–Crippen MR) is 118 cm³/mol. The van der Waals surface area contributed by atoms with Gasteiger partial charge in [0.2, 0.25) is 0 Å². The zero-order valence-electron chi connectivity index (χ0n) is 17.2. The third kappa shape index (κ3) is 5.95. The zero-order valence-corrected chi connectivity index (χ0v) is 18.0. The van der Waals surface area contributed by atoms with Crippen LogP contribution < -0.4 is 15.5 Å². The van der Waals surface area contributed by atoms with E-state index in [1.165, 1.54) is 11.3 Å². The Labute approximate surface area is 171 Å². The topological polar surface area (TPSA) is 66.0 Å². The van der Waals surface area contributed by atoms with Crippen molar-refractivity contribution in [2.45, 2.75) is 50.4 Å². The van der Waals surface area contributed by atoms with Crippen LogP contribution in [0.1, 0.15) is 38.2 Å². The third-order valence-electron chi connectivity index (χ3n) is 5.62. The Balaban J connectivity index is 1.48. The van der Waals surface area contributed by atoms with Crippen LogP contribution in [0, 0.1) is 0 Å². The van der Waals surface area contributed by atoms with Crippen molar-refractivity contribution in [1.82, 2.24) is 10.6 Å². The fourth-order valence-electron chi connectivity index (χ4n) is 3.97. The van der Waals surface area contributed by atoms with Crippen molar-refractivity contribution in [3.05, 3.63) is 29.8 Å². The van der Waals surface area contributed by atoms with Gasteiger partial charge in [0.15, 0.2) is 5.96 Å². The van der Waals surface area contributed by atoms with E-state index in [1.807, 2.05) is 6.92 Å². The van der Waals surface area contributed by atoms with Crippen molar-refractivity contribution in [2.24, 2.45) is 4.99 Å². The lowest BCUT2D eigenvalue weighted by Crippen LogP contribution is -2.46. The Hall–Kier alpha value is -1.60. The van der Waals surface area contributed by atoms with Crippen molar-refractivity contribution < 1.29 is 8.95 Å². The Morgan fingerprint density at radius 3 is 2.68 bits per heavy atom. The Morgan fingerprint density at radius 2 is 2.00 bits per heavy atom. The van der Waals surface area contributed by atoms with Gasteiger partial charge in [-0.1, -0.05) is 25.5 Å². The molecule has 7 heteroatoms. The molecule has 2 fully saturated rings. The van der Waals surface area contributed by atoms with E-state index >= 15 is 0 Å². The van der Waals surface area contributed by atoms with E-state index in [1.54, 1.807) is 7.05 Å². The van der Waals surface area contributed by atoms with Crippen LogP contribution in [-0.4, -0.2) is 60.6 Å². The summed E-state index contributed by atoms with van der Waals surface area (Å²) in [6, 6.07) is 9.07. The van der Waals surface area contributed by atoms with Crippen LogP contribution in [0.2, 0.25) is 0 Å². The fraction of sp³-hybridized carbons (Fsp3) is 0.667. The van der Waals surface area contributed by atoms with Gasteiger partial charge < -0.3 is 20.3 Å². The first-order valence-electron chi connectivity index (χ1n) is 10.5. The first-order valence-corrected chi connectivity index (χ1v) is 11.8. The minimum atomic E-state index is -0.701. The molecular weight excluding hydrogens is 372 g/mol. The van der Waals surface area contributed by atoms with Crippen LogP contribution in [0.3, 0.4) is 0 Å². The number of nitrogens with zero attached hydrogens (tertiary/aromatic N) is 2. The Kier molecular flexibility index (Phi) is 8.15. The van der Waals surface area contributed by atoms with Crippen molar-refractivity contribution in [3.8, 4) is 0 Å². The molecule has 1 aromatic carbocycles. The SMILES string of the molecule is CCS(=O)C1CCCC(NC(=NC)NCc2ccc(N3CCOCC3)cc2)C1. The van der Waals surface area contributed by atoms with Crippen molar-refractivity contribution in [3.63, 3.8) is 0 Å². The van der Waals surface area contributed by atoms with Crippen molar-refractivity contribution >= 4 is 22.4 Å². The number of morpholine rings is 1. The number of ether oxygens (including phenoxy) is 1. The Morgan fingerprint density at radius 1 is 1.25 bits per heavy atom. The third-order valence-corrected chi connectivity index (χ3v) is 7.36. The second-order valence-electron chi connectivity index (χ2n) is 7.49. The molecule has 1 heterocycles. The molecule has 28 heavy (non-hydrogen) atoms. The normalized spacial score (nSPS) is 24.6. The van der Waals surface area contributed by atoms with Gasteiger partial charge in [-0.2, -0.15) is 0 Å². The smallest absolute Gasteiger partial charge is 0.191 e. The second kappa shape index (κ2) is 10.8. The van der Waals surface area contributed by atoms with E-state index in [4.69, 9.17) is 4.74 Å². The van der Waals surface area contributed by atoms with Gasteiger partial charge in [-0.25, -0.2) is 0 Å². The maximum Gasteiger partial charge on any atom is 0.191 e. The van der Waals surface area contributed by atoms with Crippen LogP contribution >= 0.6 is 0 Å². The minimum absolute atomic E-state index is 0.321. The molecule has 0 spiro atoms. The lowest BCUT2D eigenvalue weighted by atomic mass is 9.95. The molecule has 3 rings (SSSR count). The molecule has 1 aromatic rings. The van der Waals surface area contributed by atoms with Gasteiger partial charge in [-0.05, 0) is 37.0 Å². The number of rotatable bonds is 6. The maximum absolute atomic E-state index is 12.1. The highest BCUT2D eigenvalue weighted by atomic mass is 32.2. The average molecular weight is 407 g/mol. The van der Waals surface area contributed by atoms with Gasteiger partial charge in [0.05, 0.1) is 13.2 Å². The number of hydrogen-bond donors (Lipinski definition) is 2. The summed E-state index contributed by atoms with van der Waals surface area (Å²) in [7, 11) is 1.11. The largest absolute Gasteiger partial charge is 0.378 e. The molecule has 0 aromatic heterocycles. The number of anilines is 1. The summed E-state index contributed by atoms with van der Waals surface area (Å²) in [4.78, 5) is 6.74. The van der Waals surface area contributed by atoms with Gasteiger partial charge in [0, 0.05) is 60.2 Å². The van der Waals surface area contributed by atoms with Crippen LogP contribution in [-0.2, 0) is 22.1 Å². The van der Waals surface area contributed by atoms with Crippen molar-refractivity contribution in [2.75, 3.05) is 44.0 Å². The van der Waals surface area contributed by atoms with Crippen LogP contribution in [0.25, 0.3) is 0 Å². The van der Waals surface area contributed by atoms with E-state index in [9.17, 15) is 4.21 Å². The van der Waals surface area contributed by atoms with Gasteiger partial charge in [-0.15, -0.1) is 0 Å². The summed E-state index contributed by atoms with van der Waals surface area (Å²) >= 11 is 0. The summed E-state index contributed by atoms with van der Waals surface area (Å²) in [5, 5.41) is 7.27. The first-order chi connectivity index (χ1) is 13.7. The average Bonchev–Trinajstić information content (AvgIpc) is 2.77. The van der Waals surface area contributed by atoms with Crippen molar-refractivity contribution in [1.29, 1.82) is 0 Å². The monoisotopic (exact) mass is 406 g/mol. The predicted octanol–water partition coefficient (Wildman–Crippen LogP) is 2.27. The molecule has 1 aliphatic carbocycles. The van der Waals surface area contributed by atoms with Gasteiger partial charge in [-0.3, -0.25) is 9.20 Å². The number of hydrogen-bond acceptors (Lipinski definition) is 4. The quantitative estimate of drug-likeness (QED) is 0.560. The van der Waals surface area contributed by atoms with Crippen LogP contribution in [0.5, 0.6) is 0 Å². The molecule has 156 valence electrons. The molecule has 1 saturated carbocycles. The van der Waals surface area contributed by atoms with E-state index in [0.29, 0.717) is 11.3 Å². The van der Waals surface area contributed by atoms with Crippen LogP contribution in [0.4, 0.5) is 5.69 Å². The fourth-order valence-corrected chi connectivity index (χ4v) is 5.32. The summed E-state index contributed by atoms with van der Waals surface area (Å²) in [6.45, 7) is 6.27. The molecule has 6 nitrogen and oxygen atoms in total. The molecule has 2 aliphatic rings. The Bertz CT molecular complexity index is 659. The first kappa shape index (κ1) is 21.1. The van der Waals surface area contributed by atoms with Gasteiger partial charge in [0.1, 0.15) is 0 Å². The molecular formula is C21H34N4O2S. The van der Waals surface area contributed by atoms with E-state index in [0.717, 1.165) is 70.2 Å². The number of benzene rings is 1. The summed E-state index contributed by atoms with van der Waals surface area (Å²) < 4.78 is 17.6. The number of aliphatic imine (C=N–C) groups is 1. The number of guanidine groups is 1. The maximum atomic E-state index is 12.1. The van der Waals surface area contributed by atoms with E-state index in [-0.39, 0.29) is 0 Å². The molecule has 0 amide bonds. The molecule has 2 N–H and O–H groups in total. The minimum Gasteiger partial charge on any atom is -0.378 e. The molecule has 1 aliphatic heterocycles. The van der Waals surface area contributed by atoms with Gasteiger partial charge >= 0.3 is 0 Å². The summed E-state index contributed by atoms with van der Waals surface area (Å²) in [5.41, 5.74) is 2.49. The molecule has 3 unspecified atom stereocenters. The highest BCUT2D eigenvalue weighted by Crippen LogP contribution is 2.23. The summed E-state index contributed by atoms with van der Waals surface area (Å²) in [5.74, 6) is 1.58. The molecule has 3 atom stereocenters. The van der Waals surface area contributed by atoms with Crippen LogP contribution in [0.15, 0.2) is 29.3 Å². The second-order valence-corrected chi connectivity index (χ2v) is 9.50. The summed E-state index contributed by atoms with van der Waals surface area (Å²) in [6.07, 6.45) is 4.30. The lowest BCUT2D eigenvalue weighted by Gasteiger charge is -2.30.